The van der Waals surface area contributed by atoms with Crippen LogP contribution in [0.15, 0.2) is 0 Å². The molecule has 0 unspecified atom stereocenters. The molecule has 0 bridgehead atoms. The van der Waals surface area contributed by atoms with Gasteiger partial charge in [-0.1, -0.05) is 0 Å². The molecule has 1 aliphatic heterocycles. The number of piperidine rings is 1. The first-order valence-electron chi connectivity index (χ1n) is 8.85. The molecule has 150 valence electrons. The summed E-state index contributed by atoms with van der Waals surface area (Å²) in [6.07, 6.45) is -0.304. The molecule has 0 spiro atoms. The van der Waals surface area contributed by atoms with Crippen LogP contribution in [0, 0.1) is 5.92 Å². The number of hydrogen-bond donors (Lipinski definition) is 1. The number of ether oxygens (including phenoxy) is 3. The number of carbonyl (C=O) groups is 3. The Morgan fingerprint density at radius 3 is 2.12 bits per heavy atom. The number of hydrogen-bond acceptors (Lipinski definition) is 6. The van der Waals surface area contributed by atoms with Crippen molar-refractivity contribution in [3.8, 4) is 0 Å². The van der Waals surface area contributed by atoms with Gasteiger partial charge in [-0.2, -0.15) is 0 Å². The van der Waals surface area contributed by atoms with Crippen LogP contribution in [-0.2, 0) is 19.0 Å². The number of rotatable bonds is 3. The Bertz CT molecular complexity index is 521. The van der Waals surface area contributed by atoms with Gasteiger partial charge in [-0.15, -0.1) is 0 Å². The smallest absolute Gasteiger partial charge is 0.410 e. The maximum absolute atomic E-state index is 12.3. The number of nitrogens with one attached hydrogen (secondary N) is 1. The normalized spacial score (nSPS) is 21.0. The predicted octanol–water partition coefficient (Wildman–Crippen LogP) is 2.70. The molecule has 8 heteroatoms. The number of likely N-dealkylation sites (tertiary alicyclic amines) is 1. The number of alkyl carbamates (subject to hydrolysis) is 1. The zero-order valence-corrected chi connectivity index (χ0v) is 16.9. The van der Waals surface area contributed by atoms with Gasteiger partial charge in [0, 0.05) is 13.1 Å². The molecule has 2 atom stereocenters. The summed E-state index contributed by atoms with van der Waals surface area (Å²) in [5.74, 6) is -0.495. The highest BCUT2D eigenvalue weighted by atomic mass is 16.6. The molecule has 1 N–H and O–H groups in total. The Balaban J connectivity index is 2.82. The Morgan fingerprint density at radius 1 is 1.04 bits per heavy atom. The van der Waals surface area contributed by atoms with Gasteiger partial charge in [0.15, 0.2) is 0 Å². The molecule has 8 nitrogen and oxygen atoms in total. The summed E-state index contributed by atoms with van der Waals surface area (Å²) in [7, 11) is 1.33. The van der Waals surface area contributed by atoms with Gasteiger partial charge in [0.2, 0.25) is 0 Å². The highest BCUT2D eigenvalue weighted by molar-refractivity contribution is 5.72. The monoisotopic (exact) mass is 372 g/mol. The second kappa shape index (κ2) is 8.60. The third kappa shape index (κ3) is 7.93. The summed E-state index contributed by atoms with van der Waals surface area (Å²) < 4.78 is 15.4. The molecule has 1 aliphatic rings. The van der Waals surface area contributed by atoms with Crippen LogP contribution in [0.5, 0.6) is 0 Å². The van der Waals surface area contributed by atoms with Crippen LogP contribution in [0.4, 0.5) is 9.59 Å². The Labute approximate surface area is 155 Å². The van der Waals surface area contributed by atoms with E-state index in [0.717, 1.165) is 0 Å². The fraction of sp³-hybridized carbons (Fsp3) is 0.833. The summed E-state index contributed by atoms with van der Waals surface area (Å²) >= 11 is 0. The molecule has 1 heterocycles. The van der Waals surface area contributed by atoms with Gasteiger partial charge in [0.1, 0.15) is 11.2 Å². The van der Waals surface area contributed by atoms with Crippen LogP contribution < -0.4 is 5.32 Å². The van der Waals surface area contributed by atoms with Gasteiger partial charge in [-0.05, 0) is 53.9 Å². The molecule has 0 aliphatic carbocycles. The minimum Gasteiger partial charge on any atom is -0.469 e. The first-order valence-corrected chi connectivity index (χ1v) is 8.85. The van der Waals surface area contributed by atoms with E-state index in [1.54, 1.807) is 46.4 Å². The van der Waals surface area contributed by atoms with E-state index in [2.05, 4.69) is 5.32 Å². The largest absolute Gasteiger partial charge is 0.469 e. The molecule has 1 rings (SSSR count). The van der Waals surface area contributed by atoms with E-state index in [0.29, 0.717) is 13.0 Å². The van der Waals surface area contributed by atoms with Crippen LogP contribution in [-0.4, -0.2) is 60.5 Å². The minimum atomic E-state index is -0.637. The maximum Gasteiger partial charge on any atom is 0.410 e. The molecule has 1 fully saturated rings. The van der Waals surface area contributed by atoms with Crippen molar-refractivity contribution in [2.45, 2.75) is 71.6 Å². The van der Waals surface area contributed by atoms with Crippen molar-refractivity contribution < 1.29 is 28.6 Å². The lowest BCUT2D eigenvalue weighted by Gasteiger charge is -2.39. The standard InChI is InChI=1S/C18H32N2O6/c1-17(2,3)25-15(22)19-13-11-20(16(23)26-18(4,5)6)9-8-12(13)10-14(21)24-7/h12-13H,8-11H2,1-7H3,(H,19,22)/t12-,13-/m1/s1. The van der Waals surface area contributed by atoms with Crippen molar-refractivity contribution in [2.24, 2.45) is 5.92 Å². The van der Waals surface area contributed by atoms with E-state index in [1.807, 2.05) is 0 Å². The van der Waals surface area contributed by atoms with Crippen LogP contribution in [0.3, 0.4) is 0 Å². The zero-order valence-electron chi connectivity index (χ0n) is 16.9. The molecular weight excluding hydrogens is 340 g/mol. The summed E-state index contributed by atoms with van der Waals surface area (Å²) in [5.41, 5.74) is -1.24. The number of carbonyl (C=O) groups excluding carboxylic acids is 3. The number of nitrogens with zero attached hydrogens (tertiary/aromatic N) is 1. The Morgan fingerprint density at radius 2 is 1.62 bits per heavy atom. The second-order valence-electron chi connectivity index (χ2n) is 8.51. The topological polar surface area (TPSA) is 94.2 Å². The second-order valence-corrected chi connectivity index (χ2v) is 8.51. The van der Waals surface area contributed by atoms with Crippen LogP contribution >= 0.6 is 0 Å². The number of amides is 2. The molecule has 1 saturated heterocycles. The van der Waals surface area contributed by atoms with E-state index >= 15 is 0 Å². The Hall–Kier alpha value is -1.99. The molecule has 0 aromatic carbocycles. The first kappa shape index (κ1) is 22.1. The fourth-order valence-corrected chi connectivity index (χ4v) is 2.66. The van der Waals surface area contributed by atoms with Crippen molar-refractivity contribution in [1.29, 1.82) is 0 Å². The summed E-state index contributed by atoms with van der Waals surface area (Å²) in [4.78, 5) is 37.7. The SMILES string of the molecule is COC(=O)C[C@H]1CCN(C(=O)OC(C)(C)C)C[C@H]1NC(=O)OC(C)(C)C. The van der Waals surface area contributed by atoms with Gasteiger partial charge in [-0.3, -0.25) is 4.79 Å². The molecule has 2 amide bonds. The van der Waals surface area contributed by atoms with Gasteiger partial charge in [-0.25, -0.2) is 9.59 Å². The van der Waals surface area contributed by atoms with E-state index in [9.17, 15) is 14.4 Å². The van der Waals surface area contributed by atoms with E-state index < -0.39 is 29.4 Å². The molecule has 0 radical (unpaired) electrons. The number of methoxy groups -OCH3 is 1. The van der Waals surface area contributed by atoms with Crippen LogP contribution in [0.2, 0.25) is 0 Å². The van der Waals surface area contributed by atoms with Crippen molar-refractivity contribution in [2.75, 3.05) is 20.2 Å². The van der Waals surface area contributed by atoms with Crippen molar-refractivity contribution in [3.05, 3.63) is 0 Å². The maximum atomic E-state index is 12.3. The summed E-state index contributed by atoms with van der Waals surface area (Å²) in [6.45, 7) is 11.4. The summed E-state index contributed by atoms with van der Waals surface area (Å²) in [5, 5.41) is 2.78. The average molecular weight is 372 g/mol. The molecular formula is C18H32N2O6. The predicted molar refractivity (Wildman–Crippen MR) is 95.7 cm³/mol. The third-order valence-electron chi connectivity index (χ3n) is 3.77. The van der Waals surface area contributed by atoms with Gasteiger partial charge >= 0.3 is 18.2 Å². The Kier molecular flexibility index (Phi) is 7.29. The third-order valence-corrected chi connectivity index (χ3v) is 3.77. The van der Waals surface area contributed by atoms with Crippen molar-refractivity contribution >= 4 is 18.2 Å². The van der Waals surface area contributed by atoms with E-state index in [4.69, 9.17) is 14.2 Å². The lowest BCUT2D eigenvalue weighted by Crippen LogP contribution is -2.55. The van der Waals surface area contributed by atoms with Gasteiger partial charge in [0.25, 0.3) is 0 Å². The number of esters is 1. The first-order chi connectivity index (χ1) is 11.8. The lowest BCUT2D eigenvalue weighted by molar-refractivity contribution is -0.142. The van der Waals surface area contributed by atoms with Crippen LogP contribution in [0.25, 0.3) is 0 Å². The van der Waals surface area contributed by atoms with Crippen molar-refractivity contribution in [3.63, 3.8) is 0 Å². The van der Waals surface area contributed by atoms with E-state index in [-0.39, 0.29) is 24.9 Å². The summed E-state index contributed by atoms with van der Waals surface area (Å²) in [6, 6.07) is -0.426. The average Bonchev–Trinajstić information content (AvgIpc) is 2.44. The van der Waals surface area contributed by atoms with Crippen LogP contribution in [0.1, 0.15) is 54.4 Å². The molecule has 0 aromatic rings. The van der Waals surface area contributed by atoms with E-state index in [1.165, 1.54) is 7.11 Å². The molecule has 0 saturated carbocycles. The fourth-order valence-electron chi connectivity index (χ4n) is 2.66. The van der Waals surface area contributed by atoms with Gasteiger partial charge in [0.05, 0.1) is 19.6 Å². The molecule has 0 aromatic heterocycles. The molecule has 26 heavy (non-hydrogen) atoms. The highest BCUT2D eigenvalue weighted by Gasteiger charge is 2.36. The zero-order chi connectivity index (χ0) is 20.1. The minimum absolute atomic E-state index is 0.145. The van der Waals surface area contributed by atoms with Gasteiger partial charge < -0.3 is 24.4 Å². The quantitative estimate of drug-likeness (QED) is 0.605. The van der Waals surface area contributed by atoms with Crippen molar-refractivity contribution in [1.82, 2.24) is 10.2 Å². The lowest BCUT2D eigenvalue weighted by atomic mass is 9.89. The highest BCUT2D eigenvalue weighted by Crippen LogP contribution is 2.24.